The number of nitrogens with zero attached hydrogens (tertiary/aromatic N) is 3. The number of hydrogen-bond acceptors (Lipinski definition) is 3. The van der Waals surface area contributed by atoms with Gasteiger partial charge in [-0.25, -0.2) is 4.79 Å². The van der Waals surface area contributed by atoms with E-state index in [-0.39, 0.29) is 17.5 Å². The van der Waals surface area contributed by atoms with Crippen LogP contribution in [0.15, 0.2) is 30.5 Å². The quantitative estimate of drug-likeness (QED) is 0.908. The number of amides is 1. The second kappa shape index (κ2) is 7.27. The van der Waals surface area contributed by atoms with E-state index in [0.29, 0.717) is 30.2 Å². The van der Waals surface area contributed by atoms with Crippen LogP contribution in [0.4, 0.5) is 0 Å². The van der Waals surface area contributed by atoms with Gasteiger partial charge in [0, 0.05) is 18.1 Å². The maximum absolute atomic E-state index is 12.4. The maximum Gasteiger partial charge on any atom is 0.339 e. The Balaban J connectivity index is 1.59. The summed E-state index contributed by atoms with van der Waals surface area (Å²) in [4.78, 5) is 25.5. The molecule has 1 aromatic carbocycles. The molecule has 0 spiro atoms. The summed E-state index contributed by atoms with van der Waals surface area (Å²) in [6, 6.07) is 7.45. The van der Waals surface area contributed by atoms with Crippen LogP contribution in [0.1, 0.15) is 40.5 Å². The zero-order chi connectivity index (χ0) is 18.0. The third-order valence-corrected chi connectivity index (χ3v) is 4.96. The maximum atomic E-state index is 12.4. The van der Waals surface area contributed by atoms with E-state index >= 15 is 0 Å². The van der Waals surface area contributed by atoms with E-state index in [1.807, 2.05) is 17.0 Å². The SMILES string of the molecule is Cc1c(C(=O)O)cnn1C1CCN(C(=O)Cc2ccc(Cl)cc2)CC1. The van der Waals surface area contributed by atoms with Crippen molar-refractivity contribution in [3.63, 3.8) is 0 Å². The number of rotatable bonds is 4. The van der Waals surface area contributed by atoms with Crippen LogP contribution >= 0.6 is 11.6 Å². The van der Waals surface area contributed by atoms with Gasteiger partial charge in [-0.15, -0.1) is 0 Å². The molecular formula is C18H20ClN3O3. The summed E-state index contributed by atoms with van der Waals surface area (Å²) in [6.45, 7) is 3.08. The molecule has 1 aliphatic rings. The highest BCUT2D eigenvalue weighted by atomic mass is 35.5. The molecule has 132 valence electrons. The molecule has 0 aliphatic carbocycles. The molecule has 1 fully saturated rings. The van der Waals surface area contributed by atoms with Gasteiger partial charge in [-0.1, -0.05) is 23.7 Å². The van der Waals surface area contributed by atoms with E-state index < -0.39 is 5.97 Å². The Morgan fingerprint density at radius 3 is 2.44 bits per heavy atom. The number of piperidine rings is 1. The smallest absolute Gasteiger partial charge is 0.339 e. The number of benzene rings is 1. The number of aromatic nitrogens is 2. The van der Waals surface area contributed by atoms with Crippen molar-refractivity contribution in [2.75, 3.05) is 13.1 Å². The Kier molecular flexibility index (Phi) is 5.08. The molecule has 1 N–H and O–H groups in total. The van der Waals surface area contributed by atoms with Crippen molar-refractivity contribution in [3.05, 3.63) is 52.3 Å². The summed E-state index contributed by atoms with van der Waals surface area (Å²) in [5.41, 5.74) is 1.85. The fraction of sp³-hybridized carbons (Fsp3) is 0.389. The summed E-state index contributed by atoms with van der Waals surface area (Å²) >= 11 is 5.86. The number of carbonyl (C=O) groups excluding carboxylic acids is 1. The lowest BCUT2D eigenvalue weighted by Gasteiger charge is -2.32. The Hall–Kier alpha value is -2.34. The molecule has 25 heavy (non-hydrogen) atoms. The number of likely N-dealkylation sites (tertiary alicyclic amines) is 1. The van der Waals surface area contributed by atoms with Gasteiger partial charge >= 0.3 is 5.97 Å². The predicted molar refractivity (Wildman–Crippen MR) is 93.9 cm³/mol. The summed E-state index contributed by atoms with van der Waals surface area (Å²) in [7, 11) is 0. The van der Waals surface area contributed by atoms with Gasteiger partial charge in [0.25, 0.3) is 0 Å². The number of aromatic carboxylic acids is 1. The first kappa shape index (κ1) is 17.5. The highest BCUT2D eigenvalue weighted by Crippen LogP contribution is 2.25. The highest BCUT2D eigenvalue weighted by molar-refractivity contribution is 6.30. The van der Waals surface area contributed by atoms with Crippen LogP contribution in [-0.4, -0.2) is 44.8 Å². The zero-order valence-corrected chi connectivity index (χ0v) is 14.7. The second-order valence-electron chi connectivity index (χ2n) is 6.31. The van der Waals surface area contributed by atoms with Crippen LogP contribution in [-0.2, 0) is 11.2 Å². The molecule has 2 aromatic rings. The number of carbonyl (C=O) groups is 2. The van der Waals surface area contributed by atoms with E-state index in [4.69, 9.17) is 16.7 Å². The fourth-order valence-electron chi connectivity index (χ4n) is 3.25. The van der Waals surface area contributed by atoms with Crippen molar-refractivity contribution in [1.82, 2.24) is 14.7 Å². The van der Waals surface area contributed by atoms with Gasteiger partial charge in [0.05, 0.1) is 24.4 Å². The summed E-state index contributed by atoms with van der Waals surface area (Å²) in [5, 5.41) is 14.0. The molecule has 0 radical (unpaired) electrons. The number of carboxylic acids is 1. The van der Waals surface area contributed by atoms with Crippen molar-refractivity contribution in [1.29, 1.82) is 0 Å². The average Bonchev–Trinajstić information content (AvgIpc) is 2.99. The van der Waals surface area contributed by atoms with Gasteiger partial charge in [0.15, 0.2) is 0 Å². The monoisotopic (exact) mass is 361 g/mol. The van der Waals surface area contributed by atoms with Crippen LogP contribution in [0, 0.1) is 6.92 Å². The molecule has 0 atom stereocenters. The van der Waals surface area contributed by atoms with Gasteiger partial charge in [0.2, 0.25) is 5.91 Å². The molecule has 0 saturated carbocycles. The highest BCUT2D eigenvalue weighted by Gasteiger charge is 2.26. The minimum absolute atomic E-state index is 0.101. The Morgan fingerprint density at radius 2 is 1.88 bits per heavy atom. The molecule has 1 aliphatic heterocycles. The van der Waals surface area contributed by atoms with Crippen LogP contribution < -0.4 is 0 Å². The Bertz CT molecular complexity index is 777. The molecule has 7 heteroatoms. The minimum Gasteiger partial charge on any atom is -0.478 e. The third-order valence-electron chi connectivity index (χ3n) is 4.71. The number of hydrogen-bond donors (Lipinski definition) is 1. The summed E-state index contributed by atoms with van der Waals surface area (Å²) in [6.07, 6.45) is 3.31. The molecule has 1 aromatic heterocycles. The van der Waals surface area contributed by atoms with Crippen molar-refractivity contribution in [3.8, 4) is 0 Å². The van der Waals surface area contributed by atoms with Crippen molar-refractivity contribution < 1.29 is 14.7 Å². The van der Waals surface area contributed by atoms with Crippen LogP contribution in [0.3, 0.4) is 0 Å². The minimum atomic E-state index is -0.959. The van der Waals surface area contributed by atoms with Crippen LogP contribution in [0.2, 0.25) is 5.02 Å². The molecular weight excluding hydrogens is 342 g/mol. The van der Waals surface area contributed by atoms with Gasteiger partial charge in [-0.2, -0.15) is 5.10 Å². The normalized spacial score (nSPS) is 15.4. The molecule has 6 nitrogen and oxygen atoms in total. The first-order valence-corrected chi connectivity index (χ1v) is 8.63. The fourth-order valence-corrected chi connectivity index (χ4v) is 3.38. The molecule has 3 rings (SSSR count). The van der Waals surface area contributed by atoms with E-state index in [2.05, 4.69) is 5.10 Å². The van der Waals surface area contributed by atoms with Gasteiger partial charge < -0.3 is 10.0 Å². The van der Waals surface area contributed by atoms with Crippen LogP contribution in [0.25, 0.3) is 0 Å². The number of carboxylic acid groups (broad SMARTS) is 1. The molecule has 0 unspecified atom stereocenters. The van der Waals surface area contributed by atoms with E-state index in [0.717, 1.165) is 18.4 Å². The summed E-state index contributed by atoms with van der Waals surface area (Å²) < 4.78 is 1.78. The standard InChI is InChI=1S/C18H20ClN3O3/c1-12-16(18(24)25)11-20-22(12)15-6-8-21(9-7-15)17(23)10-13-2-4-14(19)5-3-13/h2-5,11,15H,6-10H2,1H3,(H,24,25). The van der Waals surface area contributed by atoms with E-state index in [1.165, 1.54) is 6.20 Å². The van der Waals surface area contributed by atoms with Gasteiger partial charge in [0.1, 0.15) is 5.56 Å². The predicted octanol–water partition coefficient (Wildman–Crippen LogP) is 2.95. The largest absolute Gasteiger partial charge is 0.478 e. The second-order valence-corrected chi connectivity index (χ2v) is 6.75. The lowest BCUT2D eigenvalue weighted by atomic mass is 10.0. The number of halogens is 1. The first-order valence-electron chi connectivity index (χ1n) is 8.25. The van der Waals surface area contributed by atoms with Crippen molar-refractivity contribution >= 4 is 23.5 Å². The van der Waals surface area contributed by atoms with Crippen molar-refractivity contribution in [2.24, 2.45) is 0 Å². The van der Waals surface area contributed by atoms with Gasteiger partial charge in [-0.3, -0.25) is 9.48 Å². The van der Waals surface area contributed by atoms with E-state index in [1.54, 1.807) is 23.7 Å². The third kappa shape index (κ3) is 3.85. The topological polar surface area (TPSA) is 75.4 Å². The first-order chi connectivity index (χ1) is 12.0. The lowest BCUT2D eigenvalue weighted by molar-refractivity contribution is -0.131. The average molecular weight is 362 g/mol. The van der Waals surface area contributed by atoms with Gasteiger partial charge in [-0.05, 0) is 37.5 Å². The molecule has 2 heterocycles. The van der Waals surface area contributed by atoms with Crippen LogP contribution in [0.5, 0.6) is 0 Å². The molecule has 0 bridgehead atoms. The molecule has 1 saturated heterocycles. The van der Waals surface area contributed by atoms with E-state index in [9.17, 15) is 9.59 Å². The van der Waals surface area contributed by atoms with Crippen molar-refractivity contribution in [2.45, 2.75) is 32.2 Å². The Morgan fingerprint density at radius 1 is 1.24 bits per heavy atom. The summed E-state index contributed by atoms with van der Waals surface area (Å²) in [5.74, 6) is -0.858. The zero-order valence-electron chi connectivity index (χ0n) is 14.0. The lowest BCUT2D eigenvalue weighted by Crippen LogP contribution is -2.40. The molecule has 1 amide bonds. The Labute approximate surface area is 151 Å².